The van der Waals surface area contributed by atoms with Gasteiger partial charge in [0.15, 0.2) is 11.0 Å². The van der Waals surface area contributed by atoms with Crippen LogP contribution in [0.25, 0.3) is 11.4 Å². The molecule has 1 aromatic carbocycles. The number of hydrogen-bond acceptors (Lipinski definition) is 4. The maximum absolute atomic E-state index is 12.1. The van der Waals surface area contributed by atoms with Crippen molar-refractivity contribution in [3.05, 3.63) is 29.8 Å². The third-order valence-corrected chi connectivity index (χ3v) is 4.36. The molecule has 1 heterocycles. The monoisotopic (exact) mass is 358 g/mol. The summed E-state index contributed by atoms with van der Waals surface area (Å²) in [5.74, 6) is -0.0680. The fourth-order valence-electron chi connectivity index (χ4n) is 2.00. The lowest BCUT2D eigenvalue weighted by Crippen LogP contribution is -2.38. The number of aryl methyl sites for hydroxylation is 1. The minimum Gasteiger partial charge on any atom is -0.346 e. The van der Waals surface area contributed by atoms with Gasteiger partial charge in [0.25, 0.3) is 0 Å². The quantitative estimate of drug-likeness (QED) is 0.835. The highest BCUT2D eigenvalue weighted by Gasteiger charge is 2.29. The molecule has 1 N–H and O–H groups in total. The van der Waals surface area contributed by atoms with Crippen LogP contribution in [0.3, 0.4) is 0 Å². The Labute approximate surface area is 141 Å². The van der Waals surface area contributed by atoms with Crippen molar-refractivity contribution in [2.24, 2.45) is 7.05 Å². The lowest BCUT2D eigenvalue weighted by Gasteiger charge is -2.13. The molecule has 0 saturated heterocycles. The van der Waals surface area contributed by atoms with Crippen LogP contribution in [0.2, 0.25) is 0 Å². The second kappa shape index (κ2) is 7.25. The summed E-state index contributed by atoms with van der Waals surface area (Å²) >= 11 is 1.06. The Balaban J connectivity index is 2.07. The van der Waals surface area contributed by atoms with Gasteiger partial charge in [-0.1, -0.05) is 35.5 Å². The van der Waals surface area contributed by atoms with Crippen molar-refractivity contribution >= 4 is 17.7 Å². The van der Waals surface area contributed by atoms with Crippen molar-refractivity contribution in [1.82, 2.24) is 20.1 Å². The van der Waals surface area contributed by atoms with Crippen LogP contribution in [0, 0.1) is 6.92 Å². The molecule has 130 valence electrons. The molecule has 0 fully saturated rings. The number of carbonyl (C=O) groups excluding carboxylic acids is 1. The molecule has 0 radical (unpaired) electrons. The van der Waals surface area contributed by atoms with Gasteiger partial charge in [-0.25, -0.2) is 0 Å². The van der Waals surface area contributed by atoms with Crippen molar-refractivity contribution in [3.8, 4) is 11.4 Å². The van der Waals surface area contributed by atoms with Crippen molar-refractivity contribution in [3.63, 3.8) is 0 Å². The maximum Gasteiger partial charge on any atom is 0.405 e. The number of benzene rings is 1. The molecule has 5 nitrogen and oxygen atoms in total. The summed E-state index contributed by atoms with van der Waals surface area (Å²) in [6, 6.07) is 7.71. The van der Waals surface area contributed by atoms with Gasteiger partial charge in [-0.05, 0) is 19.9 Å². The first-order valence-electron chi connectivity index (χ1n) is 7.15. The predicted molar refractivity (Wildman–Crippen MR) is 85.6 cm³/mol. The Kier molecular flexibility index (Phi) is 5.53. The number of carbonyl (C=O) groups is 1. The highest BCUT2D eigenvalue weighted by atomic mass is 32.2. The van der Waals surface area contributed by atoms with E-state index in [2.05, 4.69) is 10.2 Å². The smallest absolute Gasteiger partial charge is 0.346 e. The average molecular weight is 358 g/mol. The van der Waals surface area contributed by atoms with Crippen molar-refractivity contribution < 1.29 is 18.0 Å². The van der Waals surface area contributed by atoms with Crippen molar-refractivity contribution in [2.45, 2.75) is 30.4 Å². The van der Waals surface area contributed by atoms with Crippen LogP contribution in [0.15, 0.2) is 29.4 Å². The first kappa shape index (κ1) is 18.3. The highest BCUT2D eigenvalue weighted by Crippen LogP contribution is 2.26. The number of nitrogens with one attached hydrogen (secondary N) is 1. The molecule has 24 heavy (non-hydrogen) atoms. The first-order valence-corrected chi connectivity index (χ1v) is 8.03. The lowest BCUT2D eigenvalue weighted by molar-refractivity contribution is -0.137. The SMILES string of the molecule is Cc1cccc(-c2nnc(SC(C)C(=O)NCC(F)(F)F)n2C)c1. The summed E-state index contributed by atoms with van der Waals surface area (Å²) in [5, 5.41) is 9.74. The molecule has 0 aliphatic carbocycles. The Morgan fingerprint density at radius 3 is 2.71 bits per heavy atom. The normalized spacial score (nSPS) is 12.9. The Morgan fingerprint density at radius 1 is 1.38 bits per heavy atom. The molecule has 2 rings (SSSR count). The minimum absolute atomic E-state index is 0.459. The average Bonchev–Trinajstić information content (AvgIpc) is 2.85. The van der Waals surface area contributed by atoms with Gasteiger partial charge < -0.3 is 9.88 Å². The van der Waals surface area contributed by atoms with E-state index >= 15 is 0 Å². The van der Waals surface area contributed by atoms with E-state index in [-0.39, 0.29) is 0 Å². The minimum atomic E-state index is -4.43. The van der Waals surface area contributed by atoms with E-state index in [9.17, 15) is 18.0 Å². The van der Waals surface area contributed by atoms with E-state index < -0.39 is 23.9 Å². The molecular weight excluding hydrogens is 341 g/mol. The standard InChI is InChI=1S/C15H17F3N4OS/c1-9-5-4-6-11(7-9)12-20-21-14(22(12)3)24-10(2)13(23)19-8-15(16,17)18/h4-7,10H,8H2,1-3H3,(H,19,23). The van der Waals surface area contributed by atoms with Gasteiger partial charge in [0, 0.05) is 12.6 Å². The number of amides is 1. The Hall–Kier alpha value is -2.03. The van der Waals surface area contributed by atoms with E-state index in [1.165, 1.54) is 6.92 Å². The third kappa shape index (κ3) is 4.73. The number of aromatic nitrogens is 3. The number of thioether (sulfide) groups is 1. The van der Waals surface area contributed by atoms with Gasteiger partial charge in [-0.15, -0.1) is 10.2 Å². The first-order chi connectivity index (χ1) is 11.2. The van der Waals surface area contributed by atoms with Crippen LogP contribution in [0.4, 0.5) is 13.2 Å². The van der Waals surface area contributed by atoms with Gasteiger partial charge in [-0.2, -0.15) is 13.2 Å². The van der Waals surface area contributed by atoms with E-state index in [0.717, 1.165) is 22.9 Å². The van der Waals surface area contributed by atoms with E-state index in [4.69, 9.17) is 0 Å². The number of alkyl halides is 3. The third-order valence-electron chi connectivity index (χ3n) is 3.23. The Morgan fingerprint density at radius 2 is 2.08 bits per heavy atom. The largest absolute Gasteiger partial charge is 0.405 e. The number of halogens is 3. The molecule has 0 saturated carbocycles. The topological polar surface area (TPSA) is 59.8 Å². The molecule has 0 aliphatic heterocycles. The predicted octanol–water partition coefficient (Wildman–Crippen LogP) is 2.95. The molecule has 9 heteroatoms. The molecule has 1 amide bonds. The summed E-state index contributed by atoms with van der Waals surface area (Å²) in [5.41, 5.74) is 1.95. The summed E-state index contributed by atoms with van der Waals surface area (Å²) in [6.45, 7) is 2.14. The molecule has 1 unspecified atom stereocenters. The fourth-order valence-corrected chi connectivity index (χ4v) is 2.83. The van der Waals surface area contributed by atoms with Gasteiger partial charge >= 0.3 is 6.18 Å². The van der Waals surface area contributed by atoms with Gasteiger partial charge in [0.2, 0.25) is 5.91 Å². The van der Waals surface area contributed by atoms with Gasteiger partial charge in [-0.3, -0.25) is 4.79 Å². The lowest BCUT2D eigenvalue weighted by atomic mass is 10.1. The van der Waals surface area contributed by atoms with Crippen molar-refractivity contribution in [1.29, 1.82) is 0 Å². The molecule has 0 bridgehead atoms. The number of nitrogens with zero attached hydrogens (tertiary/aromatic N) is 3. The fraction of sp³-hybridized carbons (Fsp3) is 0.400. The van der Waals surface area contributed by atoms with Gasteiger partial charge in [0.1, 0.15) is 6.54 Å². The molecule has 1 aromatic heterocycles. The summed E-state index contributed by atoms with van der Waals surface area (Å²) in [6.07, 6.45) is -4.43. The van der Waals surface area contributed by atoms with Crippen LogP contribution in [-0.2, 0) is 11.8 Å². The zero-order valence-electron chi connectivity index (χ0n) is 13.4. The number of hydrogen-bond donors (Lipinski definition) is 1. The summed E-state index contributed by atoms with van der Waals surface area (Å²) in [4.78, 5) is 11.7. The van der Waals surface area contributed by atoms with Crippen LogP contribution in [0.5, 0.6) is 0 Å². The zero-order chi connectivity index (χ0) is 17.9. The van der Waals surface area contributed by atoms with Crippen molar-refractivity contribution in [2.75, 3.05) is 6.54 Å². The molecule has 1 atom stereocenters. The summed E-state index contributed by atoms with van der Waals surface area (Å²) < 4.78 is 38.2. The Bertz CT molecular complexity index is 730. The van der Waals surface area contributed by atoms with E-state index in [1.54, 1.807) is 11.6 Å². The second-order valence-electron chi connectivity index (χ2n) is 5.33. The molecule has 2 aromatic rings. The van der Waals surface area contributed by atoms with Crippen LogP contribution in [0.1, 0.15) is 12.5 Å². The highest BCUT2D eigenvalue weighted by molar-refractivity contribution is 8.00. The van der Waals surface area contributed by atoms with Gasteiger partial charge in [0.05, 0.1) is 5.25 Å². The van der Waals surface area contributed by atoms with Crippen LogP contribution < -0.4 is 5.32 Å². The number of rotatable bonds is 5. The summed E-state index contributed by atoms with van der Waals surface area (Å²) in [7, 11) is 1.75. The zero-order valence-corrected chi connectivity index (χ0v) is 14.2. The van der Waals surface area contributed by atoms with E-state index in [0.29, 0.717) is 11.0 Å². The molecular formula is C15H17F3N4OS. The molecule has 0 spiro atoms. The van der Waals surface area contributed by atoms with Crippen LogP contribution >= 0.6 is 11.8 Å². The van der Waals surface area contributed by atoms with Crippen LogP contribution in [-0.4, -0.2) is 38.6 Å². The van der Waals surface area contributed by atoms with E-state index in [1.807, 2.05) is 36.5 Å². The second-order valence-corrected chi connectivity index (χ2v) is 6.64. The molecule has 0 aliphatic rings. The maximum atomic E-state index is 12.1.